The summed E-state index contributed by atoms with van der Waals surface area (Å²) >= 11 is 0. The summed E-state index contributed by atoms with van der Waals surface area (Å²) in [5.74, 6) is -0.0244. The summed E-state index contributed by atoms with van der Waals surface area (Å²) in [6.07, 6.45) is 0. The van der Waals surface area contributed by atoms with Gasteiger partial charge in [0.2, 0.25) is 5.91 Å². The summed E-state index contributed by atoms with van der Waals surface area (Å²) in [6, 6.07) is 25.7. The molecule has 25 heavy (non-hydrogen) atoms. The molecule has 0 aliphatic carbocycles. The lowest BCUT2D eigenvalue weighted by atomic mass is 10.0. The molecule has 0 radical (unpaired) electrons. The van der Waals surface area contributed by atoms with Gasteiger partial charge in [-0.2, -0.15) is 0 Å². The lowest BCUT2D eigenvalue weighted by molar-refractivity contribution is -0.133. The van der Waals surface area contributed by atoms with E-state index in [4.69, 9.17) is 5.73 Å². The number of carbonyl (C=O) groups is 1. The number of hydrogen-bond acceptors (Lipinski definition) is 2. The third-order valence-electron chi connectivity index (χ3n) is 4.80. The van der Waals surface area contributed by atoms with Gasteiger partial charge in [0.1, 0.15) is 6.04 Å². The zero-order valence-electron chi connectivity index (χ0n) is 13.9. The van der Waals surface area contributed by atoms with Crippen LogP contribution in [0.1, 0.15) is 22.7 Å². The molecule has 1 aliphatic heterocycles. The molecule has 3 aromatic rings. The fraction of sp³-hybridized carbons (Fsp3) is 0.136. The highest BCUT2D eigenvalue weighted by molar-refractivity contribution is 5.84. The molecule has 1 heterocycles. The maximum absolute atomic E-state index is 12.8. The molecule has 0 bridgehead atoms. The van der Waals surface area contributed by atoms with E-state index < -0.39 is 6.04 Å². The SMILES string of the molecule is NC(C(=O)N1Cc2ccccc2C1)c1ccc(-c2ccccc2)cc1. The van der Waals surface area contributed by atoms with Crippen LogP contribution in [0, 0.1) is 0 Å². The number of carbonyl (C=O) groups excluding carboxylic acids is 1. The number of rotatable bonds is 3. The summed E-state index contributed by atoms with van der Waals surface area (Å²) in [6.45, 7) is 1.29. The van der Waals surface area contributed by atoms with E-state index in [1.807, 2.05) is 59.5 Å². The Morgan fingerprint density at radius 1 is 0.760 bits per heavy atom. The largest absolute Gasteiger partial charge is 0.332 e. The van der Waals surface area contributed by atoms with Gasteiger partial charge in [-0.25, -0.2) is 0 Å². The second kappa shape index (κ2) is 6.54. The molecule has 1 aliphatic rings. The van der Waals surface area contributed by atoms with E-state index in [1.54, 1.807) is 0 Å². The van der Waals surface area contributed by atoms with E-state index in [-0.39, 0.29) is 5.91 Å². The summed E-state index contributed by atoms with van der Waals surface area (Å²) in [5, 5.41) is 0. The molecule has 1 amide bonds. The van der Waals surface area contributed by atoms with Crippen LogP contribution >= 0.6 is 0 Å². The van der Waals surface area contributed by atoms with Crippen molar-refractivity contribution in [3.8, 4) is 11.1 Å². The van der Waals surface area contributed by atoms with Crippen molar-refractivity contribution in [2.75, 3.05) is 0 Å². The normalized spacial score (nSPS) is 14.2. The first-order valence-corrected chi connectivity index (χ1v) is 8.49. The summed E-state index contributed by atoms with van der Waals surface area (Å²) in [5.41, 5.74) is 11.8. The van der Waals surface area contributed by atoms with Gasteiger partial charge >= 0.3 is 0 Å². The molecule has 124 valence electrons. The van der Waals surface area contributed by atoms with Crippen molar-refractivity contribution in [2.24, 2.45) is 5.73 Å². The predicted octanol–water partition coefficient (Wildman–Crippen LogP) is 3.90. The van der Waals surface area contributed by atoms with E-state index in [0.717, 1.165) is 16.7 Å². The number of amides is 1. The van der Waals surface area contributed by atoms with Crippen LogP contribution in [0.5, 0.6) is 0 Å². The molecule has 1 atom stereocenters. The minimum Gasteiger partial charge on any atom is -0.332 e. The van der Waals surface area contributed by atoms with Crippen molar-refractivity contribution in [1.29, 1.82) is 0 Å². The summed E-state index contributed by atoms with van der Waals surface area (Å²) in [7, 11) is 0. The second-order valence-corrected chi connectivity index (χ2v) is 6.43. The van der Waals surface area contributed by atoms with Crippen LogP contribution in [0.2, 0.25) is 0 Å². The minimum absolute atomic E-state index is 0.0244. The fourth-order valence-electron chi connectivity index (χ4n) is 3.34. The molecule has 0 fully saturated rings. The predicted molar refractivity (Wildman–Crippen MR) is 99.5 cm³/mol. The van der Waals surface area contributed by atoms with Crippen LogP contribution in [0.4, 0.5) is 0 Å². The molecule has 0 saturated carbocycles. The third-order valence-corrected chi connectivity index (χ3v) is 4.80. The molecule has 1 unspecified atom stereocenters. The first kappa shape index (κ1) is 15.6. The molecule has 0 saturated heterocycles. The molecule has 3 aromatic carbocycles. The van der Waals surface area contributed by atoms with Crippen molar-refractivity contribution >= 4 is 5.91 Å². The molecule has 0 spiro atoms. The minimum atomic E-state index is -0.626. The molecule has 2 N–H and O–H groups in total. The van der Waals surface area contributed by atoms with Gasteiger partial charge in [0.25, 0.3) is 0 Å². The molecule has 0 aromatic heterocycles. The van der Waals surface area contributed by atoms with Gasteiger partial charge in [0, 0.05) is 13.1 Å². The Balaban J connectivity index is 1.50. The zero-order valence-corrected chi connectivity index (χ0v) is 13.9. The Morgan fingerprint density at radius 3 is 1.88 bits per heavy atom. The van der Waals surface area contributed by atoms with E-state index in [2.05, 4.69) is 24.3 Å². The monoisotopic (exact) mass is 328 g/mol. The lowest BCUT2D eigenvalue weighted by Crippen LogP contribution is -2.35. The number of benzene rings is 3. The Labute approximate surface area is 147 Å². The Morgan fingerprint density at radius 2 is 1.28 bits per heavy atom. The zero-order chi connectivity index (χ0) is 17.2. The maximum Gasteiger partial charge on any atom is 0.244 e. The van der Waals surface area contributed by atoms with Gasteiger partial charge in [0.15, 0.2) is 0 Å². The smallest absolute Gasteiger partial charge is 0.244 e. The van der Waals surface area contributed by atoms with E-state index in [9.17, 15) is 4.79 Å². The number of nitrogens with zero attached hydrogens (tertiary/aromatic N) is 1. The van der Waals surface area contributed by atoms with Crippen molar-refractivity contribution < 1.29 is 4.79 Å². The van der Waals surface area contributed by atoms with E-state index in [0.29, 0.717) is 13.1 Å². The Hall–Kier alpha value is -2.91. The highest BCUT2D eigenvalue weighted by Crippen LogP contribution is 2.26. The van der Waals surface area contributed by atoms with Crippen LogP contribution in [0.15, 0.2) is 78.9 Å². The summed E-state index contributed by atoms with van der Waals surface area (Å²) < 4.78 is 0. The van der Waals surface area contributed by atoms with Crippen LogP contribution in [0.25, 0.3) is 11.1 Å². The van der Waals surface area contributed by atoms with Crippen LogP contribution < -0.4 is 5.73 Å². The van der Waals surface area contributed by atoms with Crippen molar-refractivity contribution in [1.82, 2.24) is 4.90 Å². The summed E-state index contributed by atoms with van der Waals surface area (Å²) in [4.78, 5) is 14.6. The van der Waals surface area contributed by atoms with E-state index in [1.165, 1.54) is 11.1 Å². The Kier molecular flexibility index (Phi) is 4.08. The average Bonchev–Trinajstić information content (AvgIpc) is 3.12. The first-order chi connectivity index (χ1) is 12.2. The van der Waals surface area contributed by atoms with Crippen LogP contribution in [0.3, 0.4) is 0 Å². The quantitative estimate of drug-likeness (QED) is 0.793. The van der Waals surface area contributed by atoms with Crippen LogP contribution in [-0.2, 0) is 17.9 Å². The van der Waals surface area contributed by atoms with Crippen molar-refractivity contribution in [3.63, 3.8) is 0 Å². The molecular formula is C22H20N2O. The molecular weight excluding hydrogens is 308 g/mol. The average molecular weight is 328 g/mol. The topological polar surface area (TPSA) is 46.3 Å². The van der Waals surface area contributed by atoms with Crippen molar-refractivity contribution in [2.45, 2.75) is 19.1 Å². The number of nitrogens with two attached hydrogens (primary N) is 1. The van der Waals surface area contributed by atoms with Gasteiger partial charge in [-0.05, 0) is 27.8 Å². The Bertz CT molecular complexity index is 862. The number of hydrogen-bond donors (Lipinski definition) is 1. The fourth-order valence-corrected chi connectivity index (χ4v) is 3.34. The molecule has 4 rings (SSSR count). The molecule has 3 heteroatoms. The number of fused-ring (bicyclic) bond motifs is 1. The van der Waals surface area contributed by atoms with Gasteiger partial charge in [-0.3, -0.25) is 4.79 Å². The van der Waals surface area contributed by atoms with E-state index >= 15 is 0 Å². The highest BCUT2D eigenvalue weighted by Gasteiger charge is 2.27. The van der Waals surface area contributed by atoms with Crippen molar-refractivity contribution in [3.05, 3.63) is 95.6 Å². The van der Waals surface area contributed by atoms with Gasteiger partial charge < -0.3 is 10.6 Å². The van der Waals surface area contributed by atoms with Crippen LogP contribution in [-0.4, -0.2) is 10.8 Å². The van der Waals surface area contributed by atoms with Gasteiger partial charge in [-0.1, -0.05) is 78.9 Å². The third kappa shape index (κ3) is 3.06. The van der Waals surface area contributed by atoms with Gasteiger partial charge in [-0.15, -0.1) is 0 Å². The standard InChI is InChI=1S/C22H20N2O/c23-21(22(25)24-14-19-8-4-5-9-20(19)15-24)18-12-10-17(11-13-18)16-6-2-1-3-7-16/h1-13,21H,14-15,23H2. The highest BCUT2D eigenvalue weighted by atomic mass is 16.2. The lowest BCUT2D eigenvalue weighted by Gasteiger charge is -2.20. The molecule has 3 nitrogen and oxygen atoms in total. The van der Waals surface area contributed by atoms with Gasteiger partial charge in [0.05, 0.1) is 0 Å². The second-order valence-electron chi connectivity index (χ2n) is 6.43. The maximum atomic E-state index is 12.8. The first-order valence-electron chi connectivity index (χ1n) is 8.49.